The molecule has 2 aromatic rings. The summed E-state index contributed by atoms with van der Waals surface area (Å²) in [5.41, 5.74) is 3.22. The Hall–Kier alpha value is -2.20. The minimum absolute atomic E-state index is 0.148. The van der Waals surface area contributed by atoms with Gasteiger partial charge in [-0.2, -0.15) is 0 Å². The van der Waals surface area contributed by atoms with Crippen molar-refractivity contribution in [3.8, 4) is 11.5 Å². The van der Waals surface area contributed by atoms with Crippen molar-refractivity contribution in [1.82, 2.24) is 5.32 Å². The standard InChI is InChI=1S/C21H26ClNO3/c1-5-19(26-17-9-10-18(22)15(3)13-17)21(24)23-11-12-25-20-8-6-7-14(2)16(20)4/h6-10,13,19H,5,11-12H2,1-4H3,(H,23,24). The van der Waals surface area contributed by atoms with Crippen LogP contribution in [-0.4, -0.2) is 25.2 Å². The van der Waals surface area contributed by atoms with E-state index in [1.807, 2.05) is 52.0 Å². The summed E-state index contributed by atoms with van der Waals surface area (Å²) in [5, 5.41) is 3.55. The Balaban J connectivity index is 1.83. The monoisotopic (exact) mass is 375 g/mol. The van der Waals surface area contributed by atoms with Crippen molar-refractivity contribution in [3.05, 3.63) is 58.1 Å². The van der Waals surface area contributed by atoms with Gasteiger partial charge in [0.1, 0.15) is 18.1 Å². The number of ether oxygens (including phenoxy) is 2. The zero-order valence-electron chi connectivity index (χ0n) is 15.8. The van der Waals surface area contributed by atoms with Gasteiger partial charge in [0, 0.05) is 5.02 Å². The van der Waals surface area contributed by atoms with E-state index in [2.05, 4.69) is 5.32 Å². The SMILES string of the molecule is CCC(Oc1ccc(Cl)c(C)c1)C(=O)NCCOc1cccc(C)c1C. The summed E-state index contributed by atoms with van der Waals surface area (Å²) in [6, 6.07) is 11.3. The number of rotatable bonds is 8. The highest BCUT2D eigenvalue weighted by molar-refractivity contribution is 6.31. The number of carbonyl (C=O) groups excluding carboxylic acids is 1. The minimum Gasteiger partial charge on any atom is -0.491 e. The van der Waals surface area contributed by atoms with E-state index in [0.29, 0.717) is 30.3 Å². The lowest BCUT2D eigenvalue weighted by atomic mass is 10.1. The van der Waals surface area contributed by atoms with Crippen LogP contribution in [0.25, 0.3) is 0 Å². The summed E-state index contributed by atoms with van der Waals surface area (Å²) < 4.78 is 11.6. The maximum absolute atomic E-state index is 12.3. The van der Waals surface area contributed by atoms with Crippen LogP contribution in [0.4, 0.5) is 0 Å². The van der Waals surface area contributed by atoms with Crippen LogP contribution in [0.5, 0.6) is 11.5 Å². The van der Waals surface area contributed by atoms with Crippen molar-refractivity contribution in [1.29, 1.82) is 0 Å². The number of nitrogens with one attached hydrogen (secondary N) is 1. The number of carbonyl (C=O) groups is 1. The summed E-state index contributed by atoms with van der Waals surface area (Å²) in [6.45, 7) is 8.72. The molecule has 0 radical (unpaired) electrons. The average molecular weight is 376 g/mol. The topological polar surface area (TPSA) is 47.6 Å². The molecule has 0 saturated carbocycles. The van der Waals surface area contributed by atoms with Crippen LogP contribution in [0.2, 0.25) is 5.02 Å². The fourth-order valence-corrected chi connectivity index (χ4v) is 2.62. The van der Waals surface area contributed by atoms with Gasteiger partial charge in [0.15, 0.2) is 6.10 Å². The maximum atomic E-state index is 12.3. The Morgan fingerprint density at radius 2 is 1.92 bits per heavy atom. The summed E-state index contributed by atoms with van der Waals surface area (Å²) in [7, 11) is 0. The third kappa shape index (κ3) is 5.40. The number of hydrogen-bond donors (Lipinski definition) is 1. The van der Waals surface area contributed by atoms with Gasteiger partial charge in [-0.1, -0.05) is 30.7 Å². The lowest BCUT2D eigenvalue weighted by molar-refractivity contribution is -0.128. The third-order valence-electron chi connectivity index (χ3n) is 4.28. The molecule has 0 bridgehead atoms. The van der Waals surface area contributed by atoms with E-state index in [4.69, 9.17) is 21.1 Å². The molecular weight excluding hydrogens is 350 g/mol. The second-order valence-electron chi connectivity index (χ2n) is 6.26. The second-order valence-corrected chi connectivity index (χ2v) is 6.67. The smallest absolute Gasteiger partial charge is 0.261 e. The molecule has 1 N–H and O–H groups in total. The van der Waals surface area contributed by atoms with Crippen LogP contribution in [0.3, 0.4) is 0 Å². The zero-order valence-corrected chi connectivity index (χ0v) is 16.5. The Labute approximate surface area is 160 Å². The fraction of sp³-hybridized carbons (Fsp3) is 0.381. The molecule has 0 spiro atoms. The third-order valence-corrected chi connectivity index (χ3v) is 4.71. The maximum Gasteiger partial charge on any atom is 0.261 e. The molecule has 1 atom stereocenters. The van der Waals surface area contributed by atoms with E-state index in [1.165, 1.54) is 5.56 Å². The molecule has 0 heterocycles. The van der Waals surface area contributed by atoms with Crippen LogP contribution in [-0.2, 0) is 4.79 Å². The number of halogens is 1. The van der Waals surface area contributed by atoms with Gasteiger partial charge in [-0.3, -0.25) is 4.79 Å². The summed E-state index contributed by atoms with van der Waals surface area (Å²) >= 11 is 6.02. The van der Waals surface area contributed by atoms with Gasteiger partial charge in [-0.05, 0) is 68.1 Å². The van der Waals surface area contributed by atoms with Crippen LogP contribution >= 0.6 is 11.6 Å². The highest BCUT2D eigenvalue weighted by Crippen LogP contribution is 2.22. The van der Waals surface area contributed by atoms with Crippen LogP contribution in [0, 0.1) is 20.8 Å². The van der Waals surface area contributed by atoms with E-state index in [-0.39, 0.29) is 5.91 Å². The molecule has 4 nitrogen and oxygen atoms in total. The summed E-state index contributed by atoms with van der Waals surface area (Å²) in [4.78, 5) is 12.3. The Bertz CT molecular complexity index is 761. The molecule has 0 fully saturated rings. The predicted octanol–water partition coefficient (Wildman–Crippen LogP) is 4.62. The first-order chi connectivity index (χ1) is 12.4. The lowest BCUT2D eigenvalue weighted by Gasteiger charge is -2.18. The van der Waals surface area contributed by atoms with Crippen molar-refractivity contribution < 1.29 is 14.3 Å². The summed E-state index contributed by atoms with van der Waals surface area (Å²) in [6.07, 6.45) is 0.0296. The molecule has 26 heavy (non-hydrogen) atoms. The van der Waals surface area contributed by atoms with Gasteiger partial charge in [0.25, 0.3) is 5.91 Å². The van der Waals surface area contributed by atoms with E-state index < -0.39 is 6.10 Å². The van der Waals surface area contributed by atoms with Crippen molar-refractivity contribution in [2.45, 2.75) is 40.2 Å². The highest BCUT2D eigenvalue weighted by atomic mass is 35.5. The van der Waals surface area contributed by atoms with Crippen LogP contribution in [0.15, 0.2) is 36.4 Å². The first-order valence-corrected chi connectivity index (χ1v) is 9.19. The number of hydrogen-bond acceptors (Lipinski definition) is 3. The molecule has 0 aromatic heterocycles. The number of amides is 1. The van der Waals surface area contributed by atoms with E-state index in [9.17, 15) is 4.79 Å². The van der Waals surface area contributed by atoms with Gasteiger partial charge in [-0.15, -0.1) is 0 Å². The average Bonchev–Trinajstić information content (AvgIpc) is 2.62. The van der Waals surface area contributed by atoms with Crippen molar-refractivity contribution in [3.63, 3.8) is 0 Å². The van der Waals surface area contributed by atoms with Gasteiger partial charge in [0.2, 0.25) is 0 Å². The minimum atomic E-state index is -0.545. The Morgan fingerprint density at radius 3 is 2.62 bits per heavy atom. The molecule has 1 unspecified atom stereocenters. The molecule has 140 valence electrons. The molecule has 2 aromatic carbocycles. The first kappa shape index (κ1) is 20.1. The Morgan fingerprint density at radius 1 is 1.15 bits per heavy atom. The molecule has 2 rings (SSSR count). The van der Waals surface area contributed by atoms with Gasteiger partial charge in [-0.25, -0.2) is 0 Å². The van der Waals surface area contributed by atoms with Gasteiger partial charge < -0.3 is 14.8 Å². The second kappa shape index (κ2) is 9.48. The van der Waals surface area contributed by atoms with E-state index in [1.54, 1.807) is 12.1 Å². The van der Waals surface area contributed by atoms with E-state index >= 15 is 0 Å². The van der Waals surface area contributed by atoms with Crippen molar-refractivity contribution in [2.75, 3.05) is 13.2 Å². The molecule has 0 saturated heterocycles. The summed E-state index contributed by atoms with van der Waals surface area (Å²) in [5.74, 6) is 1.34. The quantitative estimate of drug-likeness (QED) is 0.685. The highest BCUT2D eigenvalue weighted by Gasteiger charge is 2.18. The first-order valence-electron chi connectivity index (χ1n) is 8.82. The van der Waals surface area contributed by atoms with Gasteiger partial charge in [0.05, 0.1) is 6.54 Å². The van der Waals surface area contributed by atoms with Crippen LogP contribution in [0.1, 0.15) is 30.0 Å². The Kier molecular flexibility index (Phi) is 7.34. The molecule has 0 aliphatic carbocycles. The number of aryl methyl sites for hydroxylation is 2. The molecular formula is C21H26ClNO3. The van der Waals surface area contributed by atoms with Crippen molar-refractivity contribution >= 4 is 17.5 Å². The molecule has 1 amide bonds. The molecule has 0 aliphatic heterocycles. The molecule has 0 aliphatic rings. The largest absolute Gasteiger partial charge is 0.491 e. The molecule has 5 heteroatoms. The van der Waals surface area contributed by atoms with Crippen LogP contribution < -0.4 is 14.8 Å². The number of benzene rings is 2. The van der Waals surface area contributed by atoms with Crippen molar-refractivity contribution in [2.24, 2.45) is 0 Å². The fourth-order valence-electron chi connectivity index (χ4n) is 2.51. The lowest BCUT2D eigenvalue weighted by Crippen LogP contribution is -2.39. The zero-order chi connectivity index (χ0) is 19.1. The van der Waals surface area contributed by atoms with E-state index in [0.717, 1.165) is 16.9 Å². The normalized spacial score (nSPS) is 11.7. The predicted molar refractivity (Wildman–Crippen MR) is 105 cm³/mol. The van der Waals surface area contributed by atoms with Gasteiger partial charge >= 0.3 is 0 Å².